The van der Waals surface area contributed by atoms with Gasteiger partial charge in [0.2, 0.25) is 0 Å². The molecule has 3 aromatic rings. The van der Waals surface area contributed by atoms with E-state index >= 15 is 0 Å². The molecule has 30 atom stereocenters. The summed E-state index contributed by atoms with van der Waals surface area (Å²) in [4.78, 5) is -0.806. The van der Waals surface area contributed by atoms with Crippen LogP contribution in [0.3, 0.4) is 0 Å². The minimum Gasteiger partial charge on any atom is -0.394 e. The number of aryl methyl sites for hydroxylation is 3. The molecule has 16 N–H and O–H groups in total. The Balaban J connectivity index is 1.04. The number of fused-ring (bicyclic) bond motifs is 1. The third-order valence-electron chi connectivity index (χ3n) is 17.0. The van der Waals surface area contributed by atoms with Crippen molar-refractivity contribution in [2.45, 2.75) is 215 Å². The van der Waals surface area contributed by atoms with Crippen molar-refractivity contribution in [3.05, 3.63) is 71.3 Å². The second kappa shape index (κ2) is 28.7. The Hall–Kier alpha value is -3.38. The summed E-state index contributed by atoms with van der Waals surface area (Å²) in [5.74, 6) is 0. The summed E-state index contributed by atoms with van der Waals surface area (Å²) >= 11 is 0. The molecule has 36 heteroatoms. The molecule has 34 nitrogen and oxygen atoms in total. The number of aliphatic hydroxyl groups excluding tert-OH is 16. The number of benzene rings is 3. The highest BCUT2D eigenvalue weighted by Crippen LogP contribution is 2.40. The van der Waals surface area contributed by atoms with Gasteiger partial charge in [-0.15, -0.1) is 0 Å². The average Bonchev–Trinajstić information content (AvgIpc) is 0.975. The smallest absolute Gasteiger partial charge is 0.298 e. The quantitative estimate of drug-likeness (QED) is 0.0749. The standard InChI is InChI=1S/C55H76O34S2/c1-19-11-20(2)49(21(3)12-19)91(74,75)76-18-29-47-35(65)40(70)54(82-29)86-45-27(16-59)79-52(38(68)33(45)63)84-43-25(14-57)77-50(36(66)31(43)61)83-42-24(13-56)78-51(37(67)32(42)62)85-44-26(15-58)80-53(39(69)34(44)64)87-46-28(17-60)81-55(88-47)48(41(46)71)89-90(72,73)30-10-6-8-22-7-4-5-9-23(22)30/h4-12,24-29,31-48,50-71H,13-18H2,1-3H3/t24-,25-,26-,27-,28-,29-,31-,32-,33-,34-,35-,36-,37-,38-,39-,40-,41+,42-,43-,44-,45-,46-,47-,48-,50-,51-,52-,53-,54-,55-/m1/s1. The van der Waals surface area contributed by atoms with Crippen LogP contribution in [0.25, 0.3) is 10.8 Å². The Labute approximate surface area is 518 Å². The number of rotatable bonds is 12. The molecule has 3 aromatic carbocycles. The molecule has 22 aliphatic rings. The van der Waals surface area contributed by atoms with Gasteiger partial charge in [-0.1, -0.05) is 54.1 Å². The van der Waals surface area contributed by atoms with E-state index < -0.39 is 249 Å². The summed E-state index contributed by atoms with van der Waals surface area (Å²) in [5, 5.41) is 183. The zero-order chi connectivity index (χ0) is 65.9. The molecule has 0 radical (unpaired) electrons. The van der Waals surface area contributed by atoms with E-state index in [4.69, 9.17) is 65.2 Å². The molecule has 0 spiro atoms. The molecule has 0 unspecified atom stereocenters. The lowest BCUT2D eigenvalue weighted by Crippen LogP contribution is -2.69. The normalized spacial score (nSPS) is 43.8. The van der Waals surface area contributed by atoms with Gasteiger partial charge >= 0.3 is 0 Å². The molecule has 12 bridgehead atoms. The monoisotopic (exact) mass is 1340 g/mol. The van der Waals surface area contributed by atoms with Crippen LogP contribution in [0.2, 0.25) is 0 Å². The maximum absolute atomic E-state index is 14.7. The minimum absolute atomic E-state index is 0.0925. The third-order valence-corrected chi connectivity index (χ3v) is 19.9. The fourth-order valence-corrected chi connectivity index (χ4v) is 15.0. The Morgan fingerprint density at radius 2 is 0.692 bits per heavy atom. The first-order valence-corrected chi connectivity index (χ1v) is 31.8. The molecule has 0 saturated carbocycles. The Morgan fingerprint density at radius 1 is 0.374 bits per heavy atom. The van der Waals surface area contributed by atoms with Crippen molar-refractivity contribution in [3.63, 3.8) is 0 Å². The molecular formula is C55H76O34S2. The summed E-state index contributed by atoms with van der Waals surface area (Å²) in [6.45, 7) is -2.09. The van der Waals surface area contributed by atoms with E-state index in [-0.39, 0.29) is 21.4 Å². The molecule has 91 heavy (non-hydrogen) atoms. The van der Waals surface area contributed by atoms with Crippen LogP contribution in [-0.4, -0.2) is 322 Å². The Bertz CT molecular complexity index is 3130. The van der Waals surface area contributed by atoms with Gasteiger partial charge in [0.05, 0.1) is 44.5 Å². The highest BCUT2D eigenvalue weighted by molar-refractivity contribution is 7.87. The third kappa shape index (κ3) is 14.0. The fraction of sp³-hybridized carbons (Fsp3) is 0.709. The lowest BCUT2D eigenvalue weighted by molar-refractivity contribution is -0.403. The predicted octanol–water partition coefficient (Wildman–Crippen LogP) is -8.15. The van der Waals surface area contributed by atoms with Crippen molar-refractivity contribution in [2.75, 3.05) is 39.6 Å². The van der Waals surface area contributed by atoms with Crippen LogP contribution in [0.15, 0.2) is 64.4 Å². The fourth-order valence-electron chi connectivity index (χ4n) is 12.4. The summed E-state index contributed by atoms with van der Waals surface area (Å²) in [7, 11) is -10.0. The first-order chi connectivity index (χ1) is 43.2. The van der Waals surface area contributed by atoms with Crippen LogP contribution in [0.5, 0.6) is 0 Å². The SMILES string of the molecule is Cc1cc(C)c(S(=O)(=O)OC[C@H]2O[C@@H]3O[C@H]4[C@H](O)[C@@H](O)[C@@H](O[C@H]5[C@H](O)[C@@H](O)[C@@H](O[C@H]6[C@H](O)[C@@H](O)[C@@H](O[C@H]7[C@H](O)[C@@H](O)[C@@H](O[C@H]8[C@H](O)[C@@H](OS(=O)(=O)c9cccc%10ccccc9%10)[C@@H](O[C@H]2[C@H](O)[C@H]3O)O[C@@H]8CO)O[C@@H]7CO)O[C@@H]6CO)O[C@@H]5CO)O[C@@H]4CO)c(C)c1. The molecule has 25 rings (SSSR count). The number of hydrogen-bond donors (Lipinski definition) is 16. The van der Waals surface area contributed by atoms with Gasteiger partial charge in [0.1, 0.15) is 145 Å². The van der Waals surface area contributed by atoms with Crippen molar-refractivity contribution in [1.29, 1.82) is 0 Å². The maximum atomic E-state index is 14.7. The summed E-state index contributed by atoms with van der Waals surface area (Å²) in [5.41, 5.74) is 1.13. The number of ether oxygens (including phenoxy) is 12. The van der Waals surface area contributed by atoms with Crippen molar-refractivity contribution >= 4 is 31.0 Å². The van der Waals surface area contributed by atoms with Crippen LogP contribution < -0.4 is 0 Å². The molecule has 22 fully saturated rings. The molecule has 0 aliphatic carbocycles. The minimum atomic E-state index is -5.19. The Kier molecular flexibility index (Phi) is 22.2. The van der Waals surface area contributed by atoms with E-state index in [1.165, 1.54) is 32.0 Å². The van der Waals surface area contributed by atoms with Gasteiger partial charge in [0, 0.05) is 5.39 Å². The number of aliphatic hydroxyl groups is 16. The number of hydrogen-bond acceptors (Lipinski definition) is 34. The van der Waals surface area contributed by atoms with Crippen molar-refractivity contribution in [1.82, 2.24) is 0 Å². The molecule has 22 saturated heterocycles. The van der Waals surface area contributed by atoms with E-state index in [1.54, 1.807) is 37.3 Å². The highest BCUT2D eigenvalue weighted by atomic mass is 32.2. The molecule has 0 amide bonds. The maximum Gasteiger partial charge on any atom is 0.298 e. The predicted molar refractivity (Wildman–Crippen MR) is 293 cm³/mol. The lowest BCUT2D eigenvalue weighted by Gasteiger charge is -2.51. The first-order valence-electron chi connectivity index (χ1n) is 28.9. The van der Waals surface area contributed by atoms with Crippen LogP contribution in [-0.2, 0) is 85.4 Å². The van der Waals surface area contributed by atoms with Crippen LogP contribution in [0.1, 0.15) is 16.7 Å². The molecule has 0 aromatic heterocycles. The van der Waals surface area contributed by atoms with E-state index in [0.717, 1.165) is 6.07 Å². The second-order valence-electron chi connectivity index (χ2n) is 23.1. The van der Waals surface area contributed by atoms with Crippen LogP contribution in [0, 0.1) is 20.8 Å². The van der Waals surface area contributed by atoms with E-state index in [0.29, 0.717) is 10.9 Å². The van der Waals surface area contributed by atoms with Crippen molar-refractivity contribution < 1.29 is 164 Å². The lowest BCUT2D eigenvalue weighted by atomic mass is 9.94. The van der Waals surface area contributed by atoms with Gasteiger partial charge in [-0.2, -0.15) is 16.8 Å². The second-order valence-corrected chi connectivity index (χ2v) is 26.2. The Morgan fingerprint density at radius 3 is 1.08 bits per heavy atom. The van der Waals surface area contributed by atoms with Gasteiger partial charge in [-0.25, -0.2) is 0 Å². The molecule has 22 heterocycles. The van der Waals surface area contributed by atoms with Gasteiger partial charge in [-0.3, -0.25) is 8.37 Å². The summed E-state index contributed by atoms with van der Waals surface area (Å²) < 4.78 is 140. The van der Waals surface area contributed by atoms with Gasteiger partial charge < -0.3 is 139 Å². The van der Waals surface area contributed by atoms with Crippen molar-refractivity contribution in [2.24, 2.45) is 0 Å². The van der Waals surface area contributed by atoms with E-state index in [2.05, 4.69) is 0 Å². The van der Waals surface area contributed by atoms with E-state index in [9.17, 15) is 98.5 Å². The van der Waals surface area contributed by atoms with Crippen LogP contribution >= 0.6 is 0 Å². The average molecular weight is 1350 g/mol. The zero-order valence-corrected chi connectivity index (χ0v) is 50.2. The highest BCUT2D eigenvalue weighted by Gasteiger charge is 2.60. The molecule has 22 aliphatic heterocycles. The first kappa shape index (κ1) is 70.4. The largest absolute Gasteiger partial charge is 0.394 e. The molecular weight excluding hydrogens is 1270 g/mol. The summed E-state index contributed by atoms with van der Waals surface area (Å²) in [6.07, 6.45) is -64.4. The van der Waals surface area contributed by atoms with Gasteiger partial charge in [-0.05, 0) is 43.4 Å². The molecule has 512 valence electrons. The van der Waals surface area contributed by atoms with E-state index in [1.807, 2.05) is 0 Å². The zero-order valence-electron chi connectivity index (χ0n) is 48.6. The topological polar surface area (TPSA) is 521 Å². The van der Waals surface area contributed by atoms with Crippen LogP contribution in [0.4, 0.5) is 0 Å². The van der Waals surface area contributed by atoms with Gasteiger partial charge in [0.15, 0.2) is 43.8 Å². The van der Waals surface area contributed by atoms with Gasteiger partial charge in [0.25, 0.3) is 20.2 Å². The van der Waals surface area contributed by atoms with Crippen molar-refractivity contribution in [3.8, 4) is 0 Å². The summed E-state index contributed by atoms with van der Waals surface area (Å²) in [6, 6.07) is 13.3.